The van der Waals surface area contributed by atoms with Crippen LogP contribution in [0.15, 0.2) is 48.7 Å². The molecule has 164 valence electrons. The first-order valence-corrected chi connectivity index (χ1v) is 9.19. The number of carbonyl (C=O) groups is 1. The second kappa shape index (κ2) is 9.17. The molecule has 0 unspecified atom stereocenters. The molecule has 3 aromatic rings. The van der Waals surface area contributed by atoms with Crippen LogP contribution < -0.4 is 19.5 Å². The SMILES string of the molecule is COc1cccc(OC)c1CNC(=O)Oc1cnn(-c2ccc(Cl)cc2)c1C(F)(F)F. The Morgan fingerprint density at radius 2 is 1.68 bits per heavy atom. The zero-order valence-electron chi connectivity index (χ0n) is 16.4. The van der Waals surface area contributed by atoms with E-state index in [1.807, 2.05) is 0 Å². The minimum Gasteiger partial charge on any atom is -0.496 e. The fourth-order valence-electron chi connectivity index (χ4n) is 2.84. The number of halogens is 4. The number of carbonyl (C=O) groups excluding carboxylic acids is 1. The highest BCUT2D eigenvalue weighted by atomic mass is 35.5. The van der Waals surface area contributed by atoms with Crippen LogP contribution in [-0.2, 0) is 12.7 Å². The number of aromatic nitrogens is 2. The summed E-state index contributed by atoms with van der Waals surface area (Å²) in [6.07, 6.45) is -5.12. The van der Waals surface area contributed by atoms with E-state index >= 15 is 0 Å². The molecule has 0 saturated heterocycles. The Morgan fingerprint density at radius 1 is 1.06 bits per heavy atom. The Labute approximate surface area is 180 Å². The molecule has 0 bridgehead atoms. The maximum Gasteiger partial charge on any atom is 0.437 e. The monoisotopic (exact) mass is 455 g/mol. The van der Waals surface area contributed by atoms with E-state index in [2.05, 4.69) is 10.4 Å². The highest BCUT2D eigenvalue weighted by Crippen LogP contribution is 2.38. The van der Waals surface area contributed by atoms with E-state index in [4.69, 9.17) is 25.8 Å². The van der Waals surface area contributed by atoms with Gasteiger partial charge in [-0.05, 0) is 36.4 Å². The quantitative estimate of drug-likeness (QED) is 0.575. The zero-order valence-corrected chi connectivity index (χ0v) is 17.1. The summed E-state index contributed by atoms with van der Waals surface area (Å²) in [6, 6.07) is 10.6. The number of hydrogen-bond acceptors (Lipinski definition) is 5. The summed E-state index contributed by atoms with van der Waals surface area (Å²) in [5.74, 6) is 0.129. The smallest absolute Gasteiger partial charge is 0.437 e. The van der Waals surface area contributed by atoms with Gasteiger partial charge in [0.15, 0.2) is 11.4 Å². The molecular weight excluding hydrogens is 439 g/mol. The van der Waals surface area contributed by atoms with Crippen LogP contribution in [0.1, 0.15) is 11.3 Å². The van der Waals surface area contributed by atoms with Crippen LogP contribution in [-0.4, -0.2) is 30.1 Å². The molecule has 0 atom stereocenters. The van der Waals surface area contributed by atoms with Crippen molar-refractivity contribution < 1.29 is 32.2 Å². The predicted octanol–water partition coefficient (Wildman–Crippen LogP) is 4.85. The summed E-state index contributed by atoms with van der Waals surface area (Å²) in [5, 5.41) is 6.46. The summed E-state index contributed by atoms with van der Waals surface area (Å²) in [4.78, 5) is 12.2. The summed E-state index contributed by atoms with van der Waals surface area (Å²) in [5.41, 5.74) is -0.636. The maximum absolute atomic E-state index is 13.7. The van der Waals surface area contributed by atoms with Crippen molar-refractivity contribution in [2.45, 2.75) is 12.7 Å². The third-order valence-corrected chi connectivity index (χ3v) is 4.47. The molecule has 11 heteroatoms. The molecule has 1 amide bonds. The second-order valence-corrected chi connectivity index (χ2v) is 6.56. The molecule has 1 N–H and O–H groups in total. The fraction of sp³-hybridized carbons (Fsp3) is 0.200. The van der Waals surface area contributed by atoms with Crippen molar-refractivity contribution >= 4 is 17.7 Å². The molecule has 0 spiro atoms. The van der Waals surface area contributed by atoms with Crippen molar-refractivity contribution in [3.05, 3.63) is 64.9 Å². The maximum atomic E-state index is 13.7. The Morgan fingerprint density at radius 3 is 2.23 bits per heavy atom. The third kappa shape index (κ3) is 5.02. The van der Waals surface area contributed by atoms with Gasteiger partial charge in [0.1, 0.15) is 11.5 Å². The number of amides is 1. The second-order valence-electron chi connectivity index (χ2n) is 6.13. The van der Waals surface area contributed by atoms with E-state index in [-0.39, 0.29) is 12.2 Å². The van der Waals surface area contributed by atoms with Crippen LogP contribution in [0.25, 0.3) is 5.69 Å². The molecular formula is C20H17ClF3N3O4. The van der Waals surface area contributed by atoms with E-state index in [9.17, 15) is 18.0 Å². The van der Waals surface area contributed by atoms with Crippen molar-refractivity contribution in [1.82, 2.24) is 15.1 Å². The molecule has 1 aromatic heterocycles. The molecule has 0 fully saturated rings. The molecule has 7 nitrogen and oxygen atoms in total. The first-order valence-electron chi connectivity index (χ1n) is 8.81. The number of nitrogens with zero attached hydrogens (tertiary/aromatic N) is 2. The van der Waals surface area contributed by atoms with Gasteiger partial charge in [-0.1, -0.05) is 17.7 Å². The highest BCUT2D eigenvalue weighted by molar-refractivity contribution is 6.30. The molecule has 1 heterocycles. The van der Waals surface area contributed by atoms with Crippen molar-refractivity contribution in [3.8, 4) is 22.9 Å². The number of alkyl halides is 3. The lowest BCUT2D eigenvalue weighted by atomic mass is 10.1. The number of ether oxygens (including phenoxy) is 3. The van der Waals surface area contributed by atoms with Gasteiger partial charge in [0, 0.05) is 5.02 Å². The summed E-state index contributed by atoms with van der Waals surface area (Å²) in [7, 11) is 2.88. The van der Waals surface area contributed by atoms with Gasteiger partial charge in [0.25, 0.3) is 0 Å². The first-order chi connectivity index (χ1) is 14.7. The standard InChI is InChI=1S/C20H17ClF3N3O4/c1-29-15-4-3-5-16(30-2)14(15)10-25-19(28)31-17-11-26-27(18(17)20(22,23)24)13-8-6-12(21)7-9-13/h3-9,11H,10H2,1-2H3,(H,25,28). The lowest BCUT2D eigenvalue weighted by Gasteiger charge is -2.14. The Kier molecular flexibility index (Phi) is 6.59. The molecule has 0 aliphatic rings. The van der Waals surface area contributed by atoms with Crippen molar-refractivity contribution in [2.75, 3.05) is 14.2 Å². The van der Waals surface area contributed by atoms with Gasteiger partial charge in [-0.15, -0.1) is 0 Å². The van der Waals surface area contributed by atoms with E-state index < -0.39 is 23.7 Å². The van der Waals surface area contributed by atoms with Crippen molar-refractivity contribution in [2.24, 2.45) is 0 Å². The van der Waals surface area contributed by atoms with Crippen LogP contribution in [0.5, 0.6) is 17.2 Å². The van der Waals surface area contributed by atoms with E-state index in [0.29, 0.717) is 26.8 Å². The van der Waals surface area contributed by atoms with Crippen molar-refractivity contribution in [1.29, 1.82) is 0 Å². The lowest BCUT2D eigenvalue weighted by Crippen LogP contribution is -2.27. The molecule has 0 aliphatic heterocycles. The first kappa shape index (κ1) is 22.3. The number of nitrogens with one attached hydrogen (secondary N) is 1. The number of benzene rings is 2. The predicted molar refractivity (Wildman–Crippen MR) is 106 cm³/mol. The van der Waals surface area contributed by atoms with E-state index in [1.54, 1.807) is 18.2 Å². The van der Waals surface area contributed by atoms with Gasteiger partial charge < -0.3 is 19.5 Å². The minimum atomic E-state index is -4.84. The van der Waals surface area contributed by atoms with Crippen molar-refractivity contribution in [3.63, 3.8) is 0 Å². The minimum absolute atomic E-state index is 0.0985. The van der Waals surface area contributed by atoms with Gasteiger partial charge >= 0.3 is 12.3 Å². The van der Waals surface area contributed by atoms with Crippen LogP contribution >= 0.6 is 11.6 Å². The topological polar surface area (TPSA) is 74.6 Å². The highest BCUT2D eigenvalue weighted by Gasteiger charge is 2.40. The van der Waals surface area contributed by atoms with E-state index in [1.165, 1.54) is 38.5 Å². The lowest BCUT2D eigenvalue weighted by molar-refractivity contribution is -0.143. The van der Waals surface area contributed by atoms with Crippen LogP contribution in [0.3, 0.4) is 0 Å². The van der Waals surface area contributed by atoms with Gasteiger partial charge in [0.2, 0.25) is 0 Å². The molecule has 0 saturated carbocycles. The Balaban J connectivity index is 1.82. The normalized spacial score (nSPS) is 11.2. The average molecular weight is 456 g/mol. The Hall–Kier alpha value is -3.40. The Bertz CT molecular complexity index is 1050. The molecule has 0 aliphatic carbocycles. The van der Waals surface area contributed by atoms with Gasteiger partial charge in [-0.2, -0.15) is 18.3 Å². The van der Waals surface area contributed by atoms with Gasteiger partial charge in [0.05, 0.1) is 38.2 Å². The van der Waals surface area contributed by atoms with Crippen LogP contribution in [0.4, 0.5) is 18.0 Å². The summed E-state index contributed by atoms with van der Waals surface area (Å²) >= 11 is 5.78. The largest absolute Gasteiger partial charge is 0.496 e. The summed E-state index contributed by atoms with van der Waals surface area (Å²) < 4.78 is 57.0. The number of rotatable bonds is 6. The number of methoxy groups -OCH3 is 2. The molecule has 2 aromatic carbocycles. The third-order valence-electron chi connectivity index (χ3n) is 4.22. The van der Waals surface area contributed by atoms with Gasteiger partial charge in [-0.25, -0.2) is 9.48 Å². The molecule has 31 heavy (non-hydrogen) atoms. The number of hydrogen-bond donors (Lipinski definition) is 1. The fourth-order valence-corrected chi connectivity index (χ4v) is 2.97. The van der Waals surface area contributed by atoms with Gasteiger partial charge in [-0.3, -0.25) is 0 Å². The van der Waals surface area contributed by atoms with Crippen LogP contribution in [0.2, 0.25) is 5.02 Å². The molecule has 0 radical (unpaired) electrons. The molecule has 3 rings (SSSR count). The van der Waals surface area contributed by atoms with Crippen LogP contribution in [0, 0.1) is 0 Å². The average Bonchev–Trinajstić information content (AvgIpc) is 3.16. The summed E-state index contributed by atoms with van der Waals surface area (Å²) in [6.45, 7) is -0.0985. The van der Waals surface area contributed by atoms with E-state index in [0.717, 1.165) is 6.20 Å². The zero-order chi connectivity index (χ0) is 22.6.